The van der Waals surface area contributed by atoms with Crippen LogP contribution in [0.5, 0.6) is 0 Å². The van der Waals surface area contributed by atoms with Gasteiger partial charge in [-0.25, -0.2) is 9.36 Å². The zero-order chi connectivity index (χ0) is 24.0. The summed E-state index contributed by atoms with van der Waals surface area (Å²) in [5, 5.41) is 3.94. The van der Waals surface area contributed by atoms with Gasteiger partial charge in [-0.05, 0) is 49.4 Å². The highest BCUT2D eigenvalue weighted by Crippen LogP contribution is 2.27. The Kier molecular flexibility index (Phi) is 5.34. The highest BCUT2D eigenvalue weighted by Gasteiger charge is 2.22. The first-order valence-corrected chi connectivity index (χ1v) is 11.1. The van der Waals surface area contributed by atoms with E-state index in [0.717, 1.165) is 21.0 Å². The van der Waals surface area contributed by atoms with Crippen molar-refractivity contribution in [1.29, 1.82) is 0 Å². The number of carbonyl (C=O) groups is 1. The molecule has 0 saturated carbocycles. The van der Waals surface area contributed by atoms with Gasteiger partial charge in [0.25, 0.3) is 5.56 Å². The number of benzene rings is 3. The molecule has 8 heteroatoms. The van der Waals surface area contributed by atoms with E-state index in [1.165, 1.54) is 4.57 Å². The SMILES string of the molecule is Cc1ccc2c(c1)c1c(c(=O)n(-c3cccc(Cl)c3)c(=O)n1CC(=O)Nc1ccccc1)n2C. The highest BCUT2D eigenvalue weighted by molar-refractivity contribution is 6.30. The molecular weight excluding hydrogens is 452 g/mol. The van der Waals surface area contributed by atoms with Crippen molar-refractivity contribution in [3.8, 4) is 5.69 Å². The third-order valence-electron chi connectivity index (χ3n) is 5.85. The lowest BCUT2D eigenvalue weighted by Gasteiger charge is -2.13. The number of anilines is 1. The molecule has 0 aliphatic heterocycles. The molecule has 0 atom stereocenters. The fraction of sp³-hybridized carbons (Fsp3) is 0.115. The molecule has 0 aliphatic rings. The van der Waals surface area contributed by atoms with Crippen molar-refractivity contribution in [3.05, 3.63) is 104 Å². The number of halogens is 1. The summed E-state index contributed by atoms with van der Waals surface area (Å²) in [7, 11) is 1.78. The molecule has 170 valence electrons. The number of hydrogen-bond acceptors (Lipinski definition) is 3. The molecule has 2 heterocycles. The maximum atomic E-state index is 13.7. The highest BCUT2D eigenvalue weighted by atomic mass is 35.5. The number of nitrogens with one attached hydrogen (secondary N) is 1. The van der Waals surface area contributed by atoms with E-state index in [1.54, 1.807) is 48.0 Å². The molecule has 0 aliphatic carbocycles. The molecule has 2 aromatic heterocycles. The number of hydrogen-bond donors (Lipinski definition) is 1. The third kappa shape index (κ3) is 3.60. The van der Waals surface area contributed by atoms with Gasteiger partial charge in [-0.2, -0.15) is 0 Å². The van der Waals surface area contributed by atoms with Gasteiger partial charge < -0.3 is 9.88 Å². The number of aryl methyl sites for hydroxylation is 2. The first-order valence-electron chi connectivity index (χ1n) is 10.7. The van der Waals surface area contributed by atoms with Gasteiger partial charge in [0, 0.05) is 23.1 Å². The fourth-order valence-corrected chi connectivity index (χ4v) is 4.51. The summed E-state index contributed by atoms with van der Waals surface area (Å²) < 4.78 is 4.19. The van der Waals surface area contributed by atoms with Crippen LogP contribution >= 0.6 is 11.6 Å². The van der Waals surface area contributed by atoms with Crippen LogP contribution in [0.3, 0.4) is 0 Å². The molecule has 0 spiro atoms. The minimum atomic E-state index is -0.614. The van der Waals surface area contributed by atoms with Crippen molar-refractivity contribution < 1.29 is 4.79 Å². The molecule has 0 radical (unpaired) electrons. The number of amides is 1. The van der Waals surface area contributed by atoms with E-state index in [-0.39, 0.29) is 12.5 Å². The van der Waals surface area contributed by atoms with Crippen molar-refractivity contribution in [2.24, 2.45) is 7.05 Å². The molecule has 0 unspecified atom stereocenters. The average molecular weight is 473 g/mol. The topological polar surface area (TPSA) is 78.0 Å². The average Bonchev–Trinajstić information content (AvgIpc) is 3.09. The second-order valence-corrected chi connectivity index (χ2v) is 8.62. The standard InChI is InChI=1S/C26H21ClN4O3/c1-16-11-12-21-20(13-16)23-24(29(21)2)25(33)31(19-10-6-7-17(27)14-19)26(34)30(23)15-22(32)28-18-8-4-3-5-9-18/h3-14H,15H2,1-2H3,(H,28,32). The number of carbonyl (C=O) groups excluding carboxylic acids is 1. The van der Waals surface area contributed by atoms with E-state index in [1.807, 2.05) is 43.3 Å². The van der Waals surface area contributed by atoms with Crippen molar-refractivity contribution in [2.75, 3.05) is 5.32 Å². The zero-order valence-electron chi connectivity index (χ0n) is 18.6. The van der Waals surface area contributed by atoms with Crippen LogP contribution in [0.4, 0.5) is 5.69 Å². The van der Waals surface area contributed by atoms with E-state index < -0.39 is 11.2 Å². The van der Waals surface area contributed by atoms with Gasteiger partial charge in [-0.15, -0.1) is 0 Å². The lowest BCUT2D eigenvalue weighted by molar-refractivity contribution is -0.116. The van der Waals surface area contributed by atoms with Crippen molar-refractivity contribution in [2.45, 2.75) is 13.5 Å². The van der Waals surface area contributed by atoms with Crippen LogP contribution in [0.2, 0.25) is 5.02 Å². The molecule has 5 rings (SSSR count). The monoisotopic (exact) mass is 472 g/mol. The zero-order valence-corrected chi connectivity index (χ0v) is 19.3. The Labute approximate surface area is 199 Å². The fourth-order valence-electron chi connectivity index (χ4n) is 4.32. The lowest BCUT2D eigenvalue weighted by atomic mass is 10.1. The minimum absolute atomic E-state index is 0.266. The maximum absolute atomic E-state index is 13.7. The summed E-state index contributed by atoms with van der Waals surface area (Å²) in [5.41, 5.74) is 2.39. The Hall–Kier alpha value is -4.10. The molecule has 3 aromatic carbocycles. The molecule has 0 saturated heterocycles. The second kappa shape index (κ2) is 8.35. The summed E-state index contributed by atoms with van der Waals surface area (Å²) in [6.07, 6.45) is 0. The van der Waals surface area contributed by atoms with Crippen LogP contribution in [0.1, 0.15) is 5.56 Å². The van der Waals surface area contributed by atoms with Crippen LogP contribution in [-0.2, 0) is 18.4 Å². The molecule has 0 bridgehead atoms. The largest absolute Gasteiger partial charge is 0.338 e. The lowest BCUT2D eigenvalue weighted by Crippen LogP contribution is -2.41. The summed E-state index contributed by atoms with van der Waals surface area (Å²) in [5.74, 6) is -0.379. The number of rotatable bonds is 4. The quantitative estimate of drug-likeness (QED) is 0.425. The number of aromatic nitrogens is 3. The van der Waals surface area contributed by atoms with E-state index >= 15 is 0 Å². The second-order valence-electron chi connectivity index (χ2n) is 8.18. The van der Waals surface area contributed by atoms with E-state index in [0.29, 0.717) is 27.4 Å². The number of para-hydroxylation sites is 1. The molecule has 7 nitrogen and oxygen atoms in total. The molecule has 5 aromatic rings. The van der Waals surface area contributed by atoms with Crippen LogP contribution in [0, 0.1) is 6.92 Å². The summed E-state index contributed by atoms with van der Waals surface area (Å²) in [4.78, 5) is 40.4. The first-order chi connectivity index (χ1) is 16.3. The van der Waals surface area contributed by atoms with Crippen molar-refractivity contribution in [1.82, 2.24) is 13.7 Å². The predicted octanol–water partition coefficient (Wildman–Crippen LogP) is 4.24. The Bertz CT molecular complexity index is 1700. The summed E-state index contributed by atoms with van der Waals surface area (Å²) >= 11 is 6.15. The Morgan fingerprint density at radius 2 is 1.71 bits per heavy atom. The smallest absolute Gasteiger partial charge is 0.336 e. The van der Waals surface area contributed by atoms with Crippen molar-refractivity contribution >= 4 is 45.1 Å². The Morgan fingerprint density at radius 3 is 2.44 bits per heavy atom. The molecule has 1 N–H and O–H groups in total. The maximum Gasteiger partial charge on any atom is 0.336 e. The van der Waals surface area contributed by atoms with E-state index in [4.69, 9.17) is 11.6 Å². The third-order valence-corrected chi connectivity index (χ3v) is 6.09. The number of nitrogens with zero attached hydrogens (tertiary/aromatic N) is 3. The van der Waals surface area contributed by atoms with Crippen LogP contribution in [-0.4, -0.2) is 19.6 Å². The van der Waals surface area contributed by atoms with Gasteiger partial charge in [-0.1, -0.05) is 47.5 Å². The van der Waals surface area contributed by atoms with E-state index in [2.05, 4.69) is 5.32 Å². The first kappa shape index (κ1) is 21.7. The molecule has 34 heavy (non-hydrogen) atoms. The summed E-state index contributed by atoms with van der Waals surface area (Å²) in [6.45, 7) is 1.67. The van der Waals surface area contributed by atoms with Crippen molar-refractivity contribution in [3.63, 3.8) is 0 Å². The van der Waals surface area contributed by atoms with Crippen LogP contribution < -0.4 is 16.6 Å². The van der Waals surface area contributed by atoms with Gasteiger partial charge >= 0.3 is 5.69 Å². The Morgan fingerprint density at radius 1 is 0.941 bits per heavy atom. The van der Waals surface area contributed by atoms with Crippen LogP contribution in [0.25, 0.3) is 27.6 Å². The number of fused-ring (bicyclic) bond motifs is 3. The summed E-state index contributed by atoms with van der Waals surface area (Å²) in [6, 6.07) is 21.3. The molecule has 1 amide bonds. The van der Waals surface area contributed by atoms with Gasteiger partial charge in [0.15, 0.2) is 0 Å². The normalized spacial score (nSPS) is 11.3. The Balaban J connectivity index is 1.81. The van der Waals surface area contributed by atoms with Gasteiger partial charge in [-0.3, -0.25) is 14.2 Å². The van der Waals surface area contributed by atoms with Gasteiger partial charge in [0.1, 0.15) is 12.1 Å². The van der Waals surface area contributed by atoms with Crippen LogP contribution in [0.15, 0.2) is 82.4 Å². The molecular formula is C26H21ClN4O3. The van der Waals surface area contributed by atoms with E-state index in [9.17, 15) is 14.4 Å². The van der Waals surface area contributed by atoms with Gasteiger partial charge in [0.2, 0.25) is 5.91 Å². The molecule has 0 fully saturated rings. The van der Waals surface area contributed by atoms with Gasteiger partial charge in [0.05, 0.1) is 16.7 Å². The minimum Gasteiger partial charge on any atom is -0.338 e. The predicted molar refractivity (Wildman–Crippen MR) is 135 cm³/mol.